The molecule has 21 heavy (non-hydrogen) atoms. The standard InChI is InChI=1S/C20H23F/c1-3-5-16-14-20(2)11-4-6-18(20)13-17(16)12-15-7-9-19(21)10-8-15/h3,5,7-10,13H,4,6,11-12,14H2,1-2H3/b5-3-. The minimum atomic E-state index is -0.160. The molecule has 2 aliphatic rings. The van der Waals surface area contributed by atoms with Crippen LogP contribution < -0.4 is 0 Å². The van der Waals surface area contributed by atoms with Gasteiger partial charge in [0.25, 0.3) is 0 Å². The van der Waals surface area contributed by atoms with E-state index in [1.54, 1.807) is 17.7 Å². The van der Waals surface area contributed by atoms with E-state index in [2.05, 4.69) is 32.1 Å². The lowest BCUT2D eigenvalue weighted by Crippen LogP contribution is -2.19. The van der Waals surface area contributed by atoms with Gasteiger partial charge < -0.3 is 0 Å². The molecule has 110 valence electrons. The molecule has 0 nitrogen and oxygen atoms in total. The van der Waals surface area contributed by atoms with E-state index in [9.17, 15) is 4.39 Å². The summed E-state index contributed by atoms with van der Waals surface area (Å²) in [5, 5.41) is 0. The Kier molecular flexibility index (Phi) is 3.84. The summed E-state index contributed by atoms with van der Waals surface area (Å²) >= 11 is 0. The van der Waals surface area contributed by atoms with Crippen LogP contribution in [0.4, 0.5) is 4.39 Å². The van der Waals surface area contributed by atoms with Gasteiger partial charge in [0.15, 0.2) is 0 Å². The van der Waals surface area contributed by atoms with Crippen molar-refractivity contribution in [2.45, 2.75) is 46.0 Å². The summed E-state index contributed by atoms with van der Waals surface area (Å²) in [5.41, 5.74) is 6.05. The molecule has 1 atom stereocenters. The van der Waals surface area contributed by atoms with Gasteiger partial charge in [0.1, 0.15) is 5.82 Å². The molecule has 1 aromatic rings. The van der Waals surface area contributed by atoms with Crippen LogP contribution in [0, 0.1) is 11.2 Å². The highest BCUT2D eigenvalue weighted by Gasteiger charge is 2.36. The van der Waals surface area contributed by atoms with E-state index < -0.39 is 0 Å². The van der Waals surface area contributed by atoms with Crippen LogP contribution in [0.3, 0.4) is 0 Å². The lowest BCUT2D eigenvalue weighted by molar-refractivity contribution is 0.402. The first kappa shape index (κ1) is 14.3. The molecule has 0 spiro atoms. The number of hydrogen-bond donors (Lipinski definition) is 0. The van der Waals surface area contributed by atoms with Crippen molar-refractivity contribution in [2.24, 2.45) is 5.41 Å². The summed E-state index contributed by atoms with van der Waals surface area (Å²) in [6.07, 6.45) is 12.7. The third-order valence-corrected chi connectivity index (χ3v) is 4.97. The fourth-order valence-corrected chi connectivity index (χ4v) is 3.77. The maximum atomic E-state index is 13.1. The summed E-state index contributed by atoms with van der Waals surface area (Å²) < 4.78 is 13.1. The number of fused-ring (bicyclic) bond motifs is 1. The molecule has 0 radical (unpaired) electrons. The van der Waals surface area contributed by atoms with Gasteiger partial charge in [-0.15, -0.1) is 0 Å². The maximum Gasteiger partial charge on any atom is 0.123 e. The lowest BCUT2D eigenvalue weighted by atomic mass is 9.72. The number of halogens is 1. The zero-order valence-electron chi connectivity index (χ0n) is 13.0. The summed E-state index contributed by atoms with van der Waals surface area (Å²) in [5.74, 6) is -0.160. The predicted octanol–water partition coefficient (Wildman–Crippen LogP) is 5.76. The predicted molar refractivity (Wildman–Crippen MR) is 86.6 cm³/mol. The first-order valence-electron chi connectivity index (χ1n) is 7.91. The largest absolute Gasteiger partial charge is 0.207 e. The average molecular weight is 282 g/mol. The van der Waals surface area contributed by atoms with Crippen LogP contribution in [0.15, 0.2) is 59.2 Å². The molecule has 0 aliphatic heterocycles. The van der Waals surface area contributed by atoms with Crippen molar-refractivity contribution in [1.29, 1.82) is 0 Å². The van der Waals surface area contributed by atoms with E-state index in [-0.39, 0.29) is 5.82 Å². The Morgan fingerprint density at radius 3 is 2.71 bits per heavy atom. The van der Waals surface area contributed by atoms with Gasteiger partial charge in [-0.3, -0.25) is 0 Å². The minimum absolute atomic E-state index is 0.160. The van der Waals surface area contributed by atoms with Gasteiger partial charge in [-0.1, -0.05) is 42.9 Å². The number of allylic oxidation sites excluding steroid dienone is 6. The Bertz CT molecular complexity index is 616. The van der Waals surface area contributed by atoms with Crippen molar-refractivity contribution in [1.82, 2.24) is 0 Å². The maximum absolute atomic E-state index is 13.1. The molecule has 0 saturated heterocycles. The zero-order chi connectivity index (χ0) is 14.9. The highest BCUT2D eigenvalue weighted by molar-refractivity contribution is 5.46. The summed E-state index contributed by atoms with van der Waals surface area (Å²) in [4.78, 5) is 0. The van der Waals surface area contributed by atoms with Crippen LogP contribution >= 0.6 is 0 Å². The third-order valence-electron chi connectivity index (χ3n) is 4.97. The van der Waals surface area contributed by atoms with Gasteiger partial charge >= 0.3 is 0 Å². The monoisotopic (exact) mass is 282 g/mol. The first-order chi connectivity index (χ1) is 10.1. The van der Waals surface area contributed by atoms with Crippen molar-refractivity contribution in [3.63, 3.8) is 0 Å². The van der Waals surface area contributed by atoms with Crippen molar-refractivity contribution in [2.75, 3.05) is 0 Å². The lowest BCUT2D eigenvalue weighted by Gasteiger charge is -2.32. The highest BCUT2D eigenvalue weighted by Crippen LogP contribution is 2.50. The molecular formula is C20H23F. The molecule has 0 aromatic heterocycles. The molecule has 0 bridgehead atoms. The summed E-state index contributed by atoms with van der Waals surface area (Å²) in [6.45, 7) is 4.49. The zero-order valence-corrected chi connectivity index (χ0v) is 13.0. The molecule has 1 aromatic carbocycles. The Labute approximate surface area is 127 Å². The van der Waals surface area contributed by atoms with E-state index in [1.807, 2.05) is 12.1 Å². The van der Waals surface area contributed by atoms with Crippen molar-refractivity contribution in [3.8, 4) is 0 Å². The molecule has 0 N–H and O–H groups in total. The fourth-order valence-electron chi connectivity index (χ4n) is 3.77. The number of benzene rings is 1. The quantitative estimate of drug-likeness (QED) is 0.661. The van der Waals surface area contributed by atoms with Gasteiger partial charge in [0.2, 0.25) is 0 Å². The Hall–Kier alpha value is -1.63. The van der Waals surface area contributed by atoms with E-state index >= 15 is 0 Å². The Balaban J connectivity index is 1.93. The van der Waals surface area contributed by atoms with Crippen LogP contribution in [-0.2, 0) is 6.42 Å². The van der Waals surface area contributed by atoms with Gasteiger partial charge in [-0.2, -0.15) is 0 Å². The van der Waals surface area contributed by atoms with Gasteiger partial charge in [0.05, 0.1) is 0 Å². The second kappa shape index (κ2) is 5.63. The SMILES string of the molecule is C/C=C\C1=C(Cc2ccc(F)cc2)C=C2CCCC2(C)C1. The van der Waals surface area contributed by atoms with Gasteiger partial charge in [0, 0.05) is 0 Å². The fraction of sp³-hybridized carbons (Fsp3) is 0.400. The van der Waals surface area contributed by atoms with Crippen LogP contribution in [-0.4, -0.2) is 0 Å². The minimum Gasteiger partial charge on any atom is -0.207 e. The van der Waals surface area contributed by atoms with E-state index in [4.69, 9.17) is 0 Å². The Morgan fingerprint density at radius 2 is 2.00 bits per heavy atom. The van der Waals surface area contributed by atoms with Crippen molar-refractivity contribution in [3.05, 3.63) is 70.6 Å². The average Bonchev–Trinajstić information content (AvgIpc) is 2.82. The molecule has 0 amide bonds. The summed E-state index contributed by atoms with van der Waals surface area (Å²) in [7, 11) is 0. The van der Waals surface area contributed by atoms with Crippen LogP contribution in [0.5, 0.6) is 0 Å². The number of hydrogen-bond acceptors (Lipinski definition) is 0. The molecule has 1 unspecified atom stereocenters. The molecule has 3 rings (SSSR count). The van der Waals surface area contributed by atoms with Crippen LogP contribution in [0.1, 0.15) is 45.1 Å². The first-order valence-corrected chi connectivity index (χ1v) is 7.91. The van der Waals surface area contributed by atoms with Crippen molar-refractivity contribution < 1.29 is 4.39 Å². The topological polar surface area (TPSA) is 0 Å². The normalized spacial score (nSPS) is 25.4. The van der Waals surface area contributed by atoms with Gasteiger partial charge in [-0.25, -0.2) is 4.39 Å². The molecule has 1 fully saturated rings. The molecule has 1 saturated carbocycles. The summed E-state index contributed by atoms with van der Waals surface area (Å²) in [6, 6.07) is 6.91. The molecule has 0 heterocycles. The molecular weight excluding hydrogens is 259 g/mol. The van der Waals surface area contributed by atoms with Gasteiger partial charge in [-0.05, 0) is 73.3 Å². The Morgan fingerprint density at radius 1 is 1.24 bits per heavy atom. The second-order valence-corrected chi connectivity index (χ2v) is 6.61. The van der Waals surface area contributed by atoms with E-state index in [0.717, 1.165) is 12.8 Å². The second-order valence-electron chi connectivity index (χ2n) is 6.61. The smallest absolute Gasteiger partial charge is 0.123 e. The van der Waals surface area contributed by atoms with Crippen LogP contribution in [0.25, 0.3) is 0 Å². The van der Waals surface area contributed by atoms with Crippen molar-refractivity contribution >= 4 is 0 Å². The van der Waals surface area contributed by atoms with Crippen LogP contribution in [0.2, 0.25) is 0 Å². The molecule has 1 heteroatoms. The highest BCUT2D eigenvalue weighted by atomic mass is 19.1. The number of rotatable bonds is 3. The molecule has 2 aliphatic carbocycles. The third kappa shape index (κ3) is 2.88. The van der Waals surface area contributed by atoms with E-state index in [0.29, 0.717) is 5.41 Å². The van der Waals surface area contributed by atoms with E-state index in [1.165, 1.54) is 36.0 Å².